The lowest BCUT2D eigenvalue weighted by Gasteiger charge is -2.23. The number of carbonyl (C=O) groups excluding carboxylic acids is 1. The molecule has 0 aromatic carbocycles. The summed E-state index contributed by atoms with van der Waals surface area (Å²) in [5, 5.41) is 0. The van der Waals surface area contributed by atoms with Gasteiger partial charge in [0.05, 0.1) is 18.3 Å². The molecule has 3 aliphatic heterocycles. The minimum absolute atomic E-state index is 0.326. The molecule has 3 rings (SSSR count). The molecule has 0 saturated heterocycles. The second-order valence-electron chi connectivity index (χ2n) is 7.49. The Labute approximate surface area is 150 Å². The van der Waals surface area contributed by atoms with Crippen LogP contribution in [-0.2, 0) is 11.2 Å². The molecule has 4 heteroatoms. The van der Waals surface area contributed by atoms with Gasteiger partial charge in [-0.05, 0) is 69.7 Å². The van der Waals surface area contributed by atoms with E-state index in [1.165, 1.54) is 22.5 Å². The van der Waals surface area contributed by atoms with Gasteiger partial charge in [-0.25, -0.2) is 9.78 Å². The predicted octanol–water partition coefficient (Wildman–Crippen LogP) is 5.04. The monoisotopic (exact) mass is 340 g/mol. The summed E-state index contributed by atoms with van der Waals surface area (Å²) in [6.45, 7) is 15.3. The molecule has 0 bridgehead atoms. The third kappa shape index (κ3) is 2.68. The summed E-state index contributed by atoms with van der Waals surface area (Å²) in [4.78, 5) is 17.0. The summed E-state index contributed by atoms with van der Waals surface area (Å²) < 4.78 is 7.64. The van der Waals surface area contributed by atoms with Crippen molar-refractivity contribution < 1.29 is 9.53 Å². The molecule has 0 saturated carbocycles. The largest absolute Gasteiger partial charge is 0.461 e. The zero-order chi connectivity index (χ0) is 18.5. The van der Waals surface area contributed by atoms with E-state index in [0.29, 0.717) is 24.3 Å². The van der Waals surface area contributed by atoms with Crippen LogP contribution in [0.1, 0.15) is 75.0 Å². The van der Waals surface area contributed by atoms with Gasteiger partial charge in [0, 0.05) is 17.0 Å². The lowest BCUT2D eigenvalue weighted by atomic mass is 9.96. The Hall–Kier alpha value is -2.10. The van der Waals surface area contributed by atoms with E-state index >= 15 is 0 Å². The smallest absolute Gasteiger partial charge is 0.357 e. The topological polar surface area (TPSA) is 44.1 Å². The third-order valence-corrected chi connectivity index (χ3v) is 5.39. The first-order valence-electron chi connectivity index (χ1n) is 9.17. The molecule has 0 aromatic heterocycles. The van der Waals surface area contributed by atoms with Crippen LogP contribution in [-0.4, -0.2) is 22.1 Å². The molecule has 0 amide bonds. The highest BCUT2D eigenvalue weighted by molar-refractivity contribution is 5.94. The van der Waals surface area contributed by atoms with Crippen molar-refractivity contribution in [2.24, 2.45) is 5.92 Å². The lowest BCUT2D eigenvalue weighted by Crippen LogP contribution is -2.15. The van der Waals surface area contributed by atoms with Gasteiger partial charge in [-0.2, -0.15) is 0 Å². The molecular formula is C21H28N2O2. The SMILES string of the molecule is CCOC(=O)c1nc2cc3n(c(CC(C)C)c-2c1C)[C@@H](C)C(C)=C3C. The average molecular weight is 340 g/mol. The Morgan fingerprint density at radius 1 is 1.32 bits per heavy atom. The number of aromatic nitrogens is 2. The summed E-state index contributed by atoms with van der Waals surface area (Å²) in [6, 6.07) is 2.48. The molecule has 0 fully saturated rings. The van der Waals surface area contributed by atoms with Gasteiger partial charge in [-0.1, -0.05) is 13.8 Å². The quantitative estimate of drug-likeness (QED) is 0.732. The normalized spacial score (nSPS) is 16.9. The Morgan fingerprint density at radius 3 is 2.60 bits per heavy atom. The molecule has 3 heterocycles. The van der Waals surface area contributed by atoms with Crippen LogP contribution in [0.4, 0.5) is 0 Å². The number of nitrogens with zero attached hydrogens (tertiary/aromatic N) is 2. The van der Waals surface area contributed by atoms with E-state index in [4.69, 9.17) is 4.74 Å². The predicted molar refractivity (Wildman–Crippen MR) is 101 cm³/mol. The van der Waals surface area contributed by atoms with Crippen LogP contribution in [0.15, 0.2) is 11.6 Å². The van der Waals surface area contributed by atoms with E-state index in [1.54, 1.807) is 0 Å². The molecule has 0 N–H and O–H groups in total. The molecule has 3 aliphatic rings. The zero-order valence-electron chi connectivity index (χ0n) is 16.4. The molecule has 0 aliphatic carbocycles. The first kappa shape index (κ1) is 17.7. The van der Waals surface area contributed by atoms with Crippen LogP contribution in [0, 0.1) is 12.8 Å². The van der Waals surface area contributed by atoms with Crippen LogP contribution >= 0.6 is 0 Å². The highest BCUT2D eigenvalue weighted by Gasteiger charge is 2.32. The molecule has 25 heavy (non-hydrogen) atoms. The zero-order valence-corrected chi connectivity index (χ0v) is 16.4. The van der Waals surface area contributed by atoms with Crippen molar-refractivity contribution in [1.29, 1.82) is 0 Å². The van der Waals surface area contributed by atoms with Crippen LogP contribution < -0.4 is 0 Å². The highest BCUT2D eigenvalue weighted by Crippen LogP contribution is 2.43. The Kier molecular flexibility index (Phi) is 4.48. The summed E-state index contributed by atoms with van der Waals surface area (Å²) >= 11 is 0. The standard InChI is InChI=1S/C21H28N2O2/c1-8-25-21(24)20-14(6)19-16(22-20)10-17-13(5)12(4)15(7)23(17)18(19)9-11(2)3/h10-11,15H,8-9H2,1-7H3/t15-/m0/s1. The van der Waals surface area contributed by atoms with E-state index in [-0.39, 0.29) is 5.97 Å². The fraction of sp³-hybridized carbons (Fsp3) is 0.524. The highest BCUT2D eigenvalue weighted by atomic mass is 16.5. The second kappa shape index (κ2) is 6.32. The molecule has 1 atom stereocenters. The van der Waals surface area contributed by atoms with Crippen molar-refractivity contribution in [1.82, 2.24) is 9.55 Å². The summed E-state index contributed by atoms with van der Waals surface area (Å²) in [5.41, 5.74) is 8.65. The minimum Gasteiger partial charge on any atom is -0.461 e. The van der Waals surface area contributed by atoms with Gasteiger partial charge >= 0.3 is 5.97 Å². The van der Waals surface area contributed by atoms with E-state index in [9.17, 15) is 4.79 Å². The van der Waals surface area contributed by atoms with E-state index in [2.05, 4.69) is 50.2 Å². The van der Waals surface area contributed by atoms with Gasteiger partial charge in [0.15, 0.2) is 5.69 Å². The lowest BCUT2D eigenvalue weighted by molar-refractivity contribution is 0.0519. The summed E-state index contributed by atoms with van der Waals surface area (Å²) in [7, 11) is 0. The number of esters is 1. The molecular weight excluding hydrogens is 312 g/mol. The molecule has 0 unspecified atom stereocenters. The van der Waals surface area contributed by atoms with E-state index in [1.807, 2.05) is 13.8 Å². The van der Waals surface area contributed by atoms with Gasteiger partial charge in [0.1, 0.15) is 0 Å². The van der Waals surface area contributed by atoms with Crippen molar-refractivity contribution >= 4 is 11.5 Å². The number of allylic oxidation sites excluding steroid dienone is 2. The maximum absolute atomic E-state index is 12.3. The van der Waals surface area contributed by atoms with Gasteiger partial charge in [0.25, 0.3) is 0 Å². The fourth-order valence-corrected chi connectivity index (χ4v) is 3.93. The van der Waals surface area contributed by atoms with E-state index < -0.39 is 0 Å². The van der Waals surface area contributed by atoms with Crippen molar-refractivity contribution in [3.63, 3.8) is 0 Å². The number of hydrogen-bond donors (Lipinski definition) is 0. The van der Waals surface area contributed by atoms with Crippen LogP contribution in [0.2, 0.25) is 0 Å². The molecule has 0 aromatic rings. The molecule has 0 radical (unpaired) electrons. The number of rotatable bonds is 4. The number of fused-ring (bicyclic) bond motifs is 2. The van der Waals surface area contributed by atoms with Gasteiger partial charge in [-0.3, -0.25) is 0 Å². The van der Waals surface area contributed by atoms with Crippen molar-refractivity contribution in [3.8, 4) is 11.3 Å². The van der Waals surface area contributed by atoms with Crippen LogP contribution in [0.5, 0.6) is 0 Å². The molecule has 134 valence electrons. The maximum Gasteiger partial charge on any atom is 0.357 e. The number of ether oxygens (including phenoxy) is 1. The van der Waals surface area contributed by atoms with Crippen molar-refractivity contribution in [2.45, 2.75) is 60.9 Å². The van der Waals surface area contributed by atoms with E-state index in [0.717, 1.165) is 23.2 Å². The minimum atomic E-state index is -0.326. The second-order valence-corrected chi connectivity index (χ2v) is 7.49. The molecule has 0 spiro atoms. The first-order valence-corrected chi connectivity index (χ1v) is 9.17. The van der Waals surface area contributed by atoms with Crippen molar-refractivity contribution in [3.05, 3.63) is 34.3 Å². The van der Waals surface area contributed by atoms with Crippen LogP contribution in [0.25, 0.3) is 16.8 Å². The van der Waals surface area contributed by atoms with Crippen LogP contribution in [0.3, 0.4) is 0 Å². The Balaban J connectivity index is 2.31. The first-order chi connectivity index (χ1) is 11.8. The maximum atomic E-state index is 12.3. The van der Waals surface area contributed by atoms with Gasteiger partial charge in [0.2, 0.25) is 0 Å². The van der Waals surface area contributed by atoms with Gasteiger partial charge < -0.3 is 9.30 Å². The number of hydrogen-bond acceptors (Lipinski definition) is 3. The van der Waals surface area contributed by atoms with Gasteiger partial charge in [-0.15, -0.1) is 0 Å². The third-order valence-electron chi connectivity index (χ3n) is 5.39. The Morgan fingerprint density at radius 2 is 2.00 bits per heavy atom. The van der Waals surface area contributed by atoms with Crippen molar-refractivity contribution in [2.75, 3.05) is 6.61 Å². The number of carbonyl (C=O) groups is 1. The summed E-state index contributed by atoms with van der Waals surface area (Å²) in [5.74, 6) is 0.198. The number of pyridine rings is 1. The average Bonchev–Trinajstić information content (AvgIpc) is 2.98. The Bertz CT molecular complexity index is 842. The summed E-state index contributed by atoms with van der Waals surface area (Å²) in [6.07, 6.45) is 0.962. The fourth-order valence-electron chi connectivity index (χ4n) is 3.93. The molecule has 4 nitrogen and oxygen atoms in total.